The molecule has 0 aliphatic rings. The van der Waals surface area contributed by atoms with Crippen molar-refractivity contribution in [2.75, 3.05) is 6.61 Å². The van der Waals surface area contributed by atoms with E-state index in [-0.39, 0.29) is 12.5 Å². The second-order valence-corrected chi connectivity index (χ2v) is 2.26. The van der Waals surface area contributed by atoms with Crippen molar-refractivity contribution in [1.29, 1.82) is 0 Å². The van der Waals surface area contributed by atoms with Crippen LogP contribution in [0.3, 0.4) is 0 Å². The second-order valence-electron chi connectivity index (χ2n) is 2.26. The van der Waals surface area contributed by atoms with Crippen molar-refractivity contribution in [2.24, 2.45) is 5.92 Å². The molecule has 1 nitrogen and oxygen atoms in total. The molecular formula is C9H14O. The fourth-order valence-corrected chi connectivity index (χ4v) is 0.718. The molecule has 0 unspecified atom stereocenters. The zero-order chi connectivity index (χ0) is 7.82. The molecule has 56 valence electrons. The Bertz CT molecular complexity index is 130. The van der Waals surface area contributed by atoms with E-state index in [9.17, 15) is 0 Å². The predicted molar refractivity (Wildman–Crippen MR) is 43.5 cm³/mol. The van der Waals surface area contributed by atoms with Crippen LogP contribution in [0, 0.1) is 18.3 Å². The van der Waals surface area contributed by atoms with Gasteiger partial charge in [0, 0.05) is 13.0 Å². The van der Waals surface area contributed by atoms with Gasteiger partial charge in [0.05, 0.1) is 0 Å². The third kappa shape index (κ3) is 4.17. The zero-order valence-electron chi connectivity index (χ0n) is 6.38. The van der Waals surface area contributed by atoms with Gasteiger partial charge in [-0.2, -0.15) is 0 Å². The number of hydrogen-bond donors (Lipinski definition) is 1. The van der Waals surface area contributed by atoms with E-state index in [1.165, 1.54) is 0 Å². The van der Waals surface area contributed by atoms with Gasteiger partial charge in [0.1, 0.15) is 0 Å². The van der Waals surface area contributed by atoms with Gasteiger partial charge in [-0.15, -0.1) is 12.3 Å². The van der Waals surface area contributed by atoms with E-state index >= 15 is 0 Å². The lowest BCUT2D eigenvalue weighted by Gasteiger charge is -2.05. The van der Waals surface area contributed by atoms with E-state index in [4.69, 9.17) is 11.5 Å². The molecule has 0 aromatic heterocycles. The molecule has 0 aliphatic carbocycles. The van der Waals surface area contributed by atoms with Crippen LogP contribution < -0.4 is 0 Å². The molecule has 1 N–H and O–H groups in total. The van der Waals surface area contributed by atoms with Gasteiger partial charge < -0.3 is 5.11 Å². The molecule has 1 atom stereocenters. The minimum absolute atomic E-state index is 0.189. The van der Waals surface area contributed by atoms with Gasteiger partial charge in [0.2, 0.25) is 0 Å². The zero-order valence-corrected chi connectivity index (χ0v) is 6.38. The number of terminal acetylenes is 1. The van der Waals surface area contributed by atoms with Crippen molar-refractivity contribution in [3.63, 3.8) is 0 Å². The number of hydrogen-bond acceptors (Lipinski definition) is 1. The summed E-state index contributed by atoms with van der Waals surface area (Å²) in [4.78, 5) is 0. The topological polar surface area (TPSA) is 20.2 Å². The van der Waals surface area contributed by atoms with Crippen molar-refractivity contribution < 1.29 is 5.11 Å². The van der Waals surface area contributed by atoms with E-state index in [0.29, 0.717) is 6.42 Å². The van der Waals surface area contributed by atoms with Crippen LogP contribution in [0.4, 0.5) is 0 Å². The van der Waals surface area contributed by atoms with Crippen LogP contribution in [-0.2, 0) is 0 Å². The predicted octanol–water partition coefficient (Wildman–Crippen LogP) is 1.58. The highest BCUT2D eigenvalue weighted by Crippen LogP contribution is 2.06. The van der Waals surface area contributed by atoms with Gasteiger partial charge >= 0.3 is 0 Å². The highest BCUT2D eigenvalue weighted by atomic mass is 16.3. The fourth-order valence-electron chi connectivity index (χ4n) is 0.718. The first-order valence-electron chi connectivity index (χ1n) is 3.50. The van der Waals surface area contributed by atoms with E-state index < -0.39 is 0 Å². The molecule has 0 spiro atoms. The summed E-state index contributed by atoms with van der Waals surface area (Å²) >= 11 is 0. The molecule has 0 aromatic rings. The Kier molecular flexibility index (Phi) is 5.91. The molecule has 0 aliphatic heterocycles. The Balaban J connectivity index is 3.51. The largest absolute Gasteiger partial charge is 0.396 e. The standard InChI is InChI=1S/C9H14O/c1-3-5-7-9(8-10)6-4-2/h2-3,5,9-10H,6-8H2,1H3/b5-3+/t9-/m1/s1. The van der Waals surface area contributed by atoms with E-state index in [2.05, 4.69) is 5.92 Å². The molecule has 0 rings (SSSR count). The first kappa shape index (κ1) is 9.26. The van der Waals surface area contributed by atoms with E-state index in [1.807, 2.05) is 19.1 Å². The van der Waals surface area contributed by atoms with E-state index in [0.717, 1.165) is 6.42 Å². The first-order valence-corrected chi connectivity index (χ1v) is 3.50. The van der Waals surface area contributed by atoms with Crippen molar-refractivity contribution in [3.8, 4) is 12.3 Å². The highest BCUT2D eigenvalue weighted by molar-refractivity contribution is 4.90. The Hall–Kier alpha value is -0.740. The summed E-state index contributed by atoms with van der Waals surface area (Å²) in [6.45, 7) is 2.15. The van der Waals surface area contributed by atoms with Crippen LogP contribution >= 0.6 is 0 Å². The number of aliphatic hydroxyl groups excluding tert-OH is 1. The van der Waals surface area contributed by atoms with Gasteiger partial charge in [-0.05, 0) is 19.3 Å². The smallest absolute Gasteiger partial charge is 0.0471 e. The lowest BCUT2D eigenvalue weighted by Crippen LogP contribution is -2.02. The Morgan fingerprint density at radius 3 is 2.80 bits per heavy atom. The molecule has 0 fully saturated rings. The van der Waals surface area contributed by atoms with Crippen LogP contribution in [0.15, 0.2) is 12.2 Å². The summed E-state index contributed by atoms with van der Waals surface area (Å²) in [6, 6.07) is 0. The normalized spacial score (nSPS) is 13.3. The van der Waals surface area contributed by atoms with Crippen molar-refractivity contribution in [1.82, 2.24) is 0 Å². The maximum atomic E-state index is 8.75. The summed E-state index contributed by atoms with van der Waals surface area (Å²) in [5, 5.41) is 8.75. The summed E-state index contributed by atoms with van der Waals surface area (Å²) in [6.07, 6.45) is 10.6. The van der Waals surface area contributed by atoms with Gasteiger partial charge in [0.25, 0.3) is 0 Å². The molecule has 0 bridgehead atoms. The maximum Gasteiger partial charge on any atom is 0.0471 e. The number of rotatable bonds is 4. The molecule has 1 heteroatoms. The fraction of sp³-hybridized carbons (Fsp3) is 0.556. The van der Waals surface area contributed by atoms with Gasteiger partial charge in [-0.25, -0.2) is 0 Å². The average molecular weight is 138 g/mol. The lowest BCUT2D eigenvalue weighted by atomic mass is 10.0. The second kappa shape index (κ2) is 6.38. The third-order valence-corrected chi connectivity index (χ3v) is 1.37. The average Bonchev–Trinajstić information content (AvgIpc) is 1.98. The SMILES string of the molecule is C#CC[C@@H](CO)C/C=C/C. The van der Waals surface area contributed by atoms with E-state index in [1.54, 1.807) is 0 Å². The Morgan fingerprint density at radius 1 is 1.70 bits per heavy atom. The molecule has 0 heterocycles. The quantitative estimate of drug-likeness (QED) is 0.462. The van der Waals surface area contributed by atoms with Crippen LogP contribution in [0.25, 0.3) is 0 Å². The number of allylic oxidation sites excluding steroid dienone is 2. The molecule has 0 saturated carbocycles. The molecule has 0 radical (unpaired) electrons. The monoisotopic (exact) mass is 138 g/mol. The Morgan fingerprint density at radius 2 is 2.40 bits per heavy atom. The molecule has 0 amide bonds. The molecular weight excluding hydrogens is 124 g/mol. The summed E-state index contributed by atoms with van der Waals surface area (Å²) < 4.78 is 0. The lowest BCUT2D eigenvalue weighted by molar-refractivity contribution is 0.230. The van der Waals surface area contributed by atoms with Gasteiger partial charge in [-0.3, -0.25) is 0 Å². The molecule has 0 saturated heterocycles. The summed E-state index contributed by atoms with van der Waals surface area (Å²) in [5.74, 6) is 2.78. The summed E-state index contributed by atoms with van der Waals surface area (Å²) in [5.41, 5.74) is 0. The molecule has 10 heavy (non-hydrogen) atoms. The minimum Gasteiger partial charge on any atom is -0.396 e. The molecule has 0 aromatic carbocycles. The van der Waals surface area contributed by atoms with Crippen LogP contribution in [0.5, 0.6) is 0 Å². The van der Waals surface area contributed by atoms with Crippen LogP contribution in [0.2, 0.25) is 0 Å². The van der Waals surface area contributed by atoms with Crippen LogP contribution in [0.1, 0.15) is 19.8 Å². The highest BCUT2D eigenvalue weighted by Gasteiger charge is 2.01. The summed E-state index contributed by atoms with van der Waals surface area (Å²) in [7, 11) is 0. The van der Waals surface area contributed by atoms with Crippen LogP contribution in [-0.4, -0.2) is 11.7 Å². The van der Waals surface area contributed by atoms with Gasteiger partial charge in [0.15, 0.2) is 0 Å². The third-order valence-electron chi connectivity index (χ3n) is 1.37. The van der Waals surface area contributed by atoms with Crippen molar-refractivity contribution in [2.45, 2.75) is 19.8 Å². The van der Waals surface area contributed by atoms with Crippen molar-refractivity contribution >= 4 is 0 Å². The first-order chi connectivity index (χ1) is 4.85. The minimum atomic E-state index is 0.189. The van der Waals surface area contributed by atoms with Gasteiger partial charge in [-0.1, -0.05) is 12.2 Å². The van der Waals surface area contributed by atoms with Crippen molar-refractivity contribution in [3.05, 3.63) is 12.2 Å². The number of aliphatic hydroxyl groups is 1. The maximum absolute atomic E-state index is 8.75. The Labute approximate surface area is 62.8 Å².